The van der Waals surface area contributed by atoms with Gasteiger partial charge in [0.25, 0.3) is 0 Å². The first-order valence-corrected chi connectivity index (χ1v) is 10.8. The van der Waals surface area contributed by atoms with Crippen molar-refractivity contribution in [1.82, 2.24) is 0 Å². The van der Waals surface area contributed by atoms with Gasteiger partial charge < -0.3 is 34.6 Å². The van der Waals surface area contributed by atoms with Gasteiger partial charge in [0.2, 0.25) is 0 Å². The maximum Gasteiger partial charge on any atom is 0.194 e. The van der Waals surface area contributed by atoms with Crippen LogP contribution in [0.25, 0.3) is 0 Å². The third kappa shape index (κ3) is 4.67. The van der Waals surface area contributed by atoms with E-state index in [4.69, 9.17) is 25.8 Å². The summed E-state index contributed by atoms with van der Waals surface area (Å²) in [6.45, 7) is 0.674. The Balaban J connectivity index is 1.55. The first-order valence-electron chi connectivity index (χ1n) is 10.4. The van der Waals surface area contributed by atoms with Crippen molar-refractivity contribution in [2.24, 2.45) is 0 Å². The number of carbonyl (C=O) groups is 1. The molecule has 6 atom stereocenters. The Morgan fingerprint density at radius 1 is 1.06 bits per heavy atom. The minimum atomic E-state index is -1.52. The van der Waals surface area contributed by atoms with Crippen molar-refractivity contribution in [3.63, 3.8) is 0 Å². The van der Waals surface area contributed by atoms with Crippen LogP contribution in [0.4, 0.5) is 0 Å². The molecule has 2 saturated heterocycles. The van der Waals surface area contributed by atoms with Gasteiger partial charge in [-0.05, 0) is 42.0 Å². The van der Waals surface area contributed by atoms with Gasteiger partial charge in [0.1, 0.15) is 42.4 Å². The Morgan fingerprint density at radius 2 is 1.81 bits per heavy atom. The first-order chi connectivity index (χ1) is 15.4. The molecule has 2 aromatic carbocycles. The molecule has 0 aromatic heterocycles. The third-order valence-electron chi connectivity index (χ3n) is 5.76. The molecule has 2 aliphatic rings. The third-order valence-corrected chi connectivity index (χ3v) is 6.09. The minimum absolute atomic E-state index is 0.00112. The Labute approximate surface area is 189 Å². The van der Waals surface area contributed by atoms with Gasteiger partial charge in [-0.15, -0.1) is 0 Å². The van der Waals surface area contributed by atoms with Crippen LogP contribution in [0, 0.1) is 0 Å². The van der Waals surface area contributed by atoms with Crippen LogP contribution in [0.5, 0.6) is 5.75 Å². The molecule has 2 aromatic rings. The number of carbonyl (C=O) groups excluding carboxylic acids is 1. The van der Waals surface area contributed by atoms with Gasteiger partial charge in [0, 0.05) is 17.5 Å². The van der Waals surface area contributed by atoms with Crippen molar-refractivity contribution in [1.29, 1.82) is 0 Å². The Hall–Kier alpha value is -2.04. The van der Waals surface area contributed by atoms with E-state index in [1.54, 1.807) is 30.3 Å². The average Bonchev–Trinajstić information content (AvgIpc) is 3.31. The highest BCUT2D eigenvalue weighted by molar-refractivity contribution is 6.35. The lowest BCUT2D eigenvalue weighted by Crippen LogP contribution is -2.55. The van der Waals surface area contributed by atoms with Crippen LogP contribution in [-0.4, -0.2) is 76.5 Å². The Morgan fingerprint density at radius 3 is 2.47 bits per heavy atom. The van der Waals surface area contributed by atoms with Crippen LogP contribution < -0.4 is 4.74 Å². The standard InChI is InChI=1S/C23H25ClO8/c24-17-6-3-13(23-22(29)21(28)20(27)18(10-25)32-23)9-16(17)19(26)12-1-4-14(5-2-12)31-15-7-8-30-11-15/h1-6,9,15,18,20-23,25,27-29H,7-8,10-11H2/t15-,18+,20+,21-,22+,23-/m0/s1. The highest BCUT2D eigenvalue weighted by Gasteiger charge is 2.44. The molecule has 0 aliphatic carbocycles. The predicted molar refractivity (Wildman–Crippen MR) is 114 cm³/mol. The Bertz CT molecular complexity index is 942. The quantitative estimate of drug-likeness (QED) is 0.471. The molecule has 4 rings (SSSR count). The fourth-order valence-corrected chi connectivity index (χ4v) is 4.11. The number of aliphatic hydroxyl groups excluding tert-OH is 4. The van der Waals surface area contributed by atoms with Gasteiger partial charge in [-0.3, -0.25) is 4.79 Å². The van der Waals surface area contributed by atoms with E-state index in [1.165, 1.54) is 12.1 Å². The summed E-state index contributed by atoms with van der Waals surface area (Å²) in [5.74, 6) is 0.301. The number of ketones is 1. The van der Waals surface area contributed by atoms with Crippen LogP contribution >= 0.6 is 11.6 Å². The molecule has 2 aliphatic heterocycles. The fourth-order valence-electron chi connectivity index (χ4n) is 3.91. The number of rotatable bonds is 6. The van der Waals surface area contributed by atoms with Gasteiger partial charge in [0.05, 0.1) is 24.8 Å². The number of hydrogen-bond acceptors (Lipinski definition) is 8. The largest absolute Gasteiger partial charge is 0.488 e. The predicted octanol–water partition coefficient (Wildman–Crippen LogP) is 1.25. The van der Waals surface area contributed by atoms with E-state index in [2.05, 4.69) is 0 Å². The van der Waals surface area contributed by atoms with Crippen LogP contribution in [0.2, 0.25) is 5.02 Å². The number of ether oxygens (including phenoxy) is 3. The summed E-state index contributed by atoms with van der Waals surface area (Å²) in [5, 5.41) is 40.1. The van der Waals surface area contributed by atoms with Gasteiger partial charge in [-0.25, -0.2) is 0 Å². The lowest BCUT2D eigenvalue weighted by atomic mass is 9.90. The molecule has 9 heteroatoms. The van der Waals surface area contributed by atoms with E-state index in [0.29, 0.717) is 30.1 Å². The monoisotopic (exact) mass is 464 g/mol. The van der Waals surface area contributed by atoms with E-state index >= 15 is 0 Å². The zero-order valence-electron chi connectivity index (χ0n) is 17.1. The van der Waals surface area contributed by atoms with Crippen molar-refractivity contribution >= 4 is 17.4 Å². The van der Waals surface area contributed by atoms with Crippen molar-refractivity contribution in [2.45, 2.75) is 43.0 Å². The summed E-state index contributed by atoms with van der Waals surface area (Å²) >= 11 is 6.28. The van der Waals surface area contributed by atoms with E-state index in [1.807, 2.05) is 0 Å². The van der Waals surface area contributed by atoms with Crippen molar-refractivity contribution in [2.75, 3.05) is 19.8 Å². The molecule has 0 amide bonds. The van der Waals surface area contributed by atoms with Gasteiger partial charge >= 0.3 is 0 Å². The van der Waals surface area contributed by atoms with Crippen LogP contribution in [-0.2, 0) is 9.47 Å². The van der Waals surface area contributed by atoms with Gasteiger partial charge in [-0.1, -0.05) is 17.7 Å². The van der Waals surface area contributed by atoms with Gasteiger partial charge in [-0.2, -0.15) is 0 Å². The highest BCUT2D eigenvalue weighted by atomic mass is 35.5. The summed E-state index contributed by atoms with van der Waals surface area (Å²) in [6, 6.07) is 11.3. The molecule has 0 spiro atoms. The van der Waals surface area contributed by atoms with E-state index < -0.39 is 37.1 Å². The maximum absolute atomic E-state index is 13.1. The summed E-state index contributed by atoms with van der Waals surface area (Å²) < 4.78 is 16.7. The molecular formula is C23H25ClO8. The smallest absolute Gasteiger partial charge is 0.194 e. The van der Waals surface area contributed by atoms with Crippen molar-refractivity contribution < 1.29 is 39.4 Å². The SMILES string of the molecule is O=C(c1ccc(O[C@H]2CCOC2)cc1)c1cc([C@@H]2O[C@H](CO)[C@@H](O)[C@H](O)[C@H]2O)ccc1Cl. The second-order valence-corrected chi connectivity index (χ2v) is 8.35. The van der Waals surface area contributed by atoms with Crippen molar-refractivity contribution in [3.05, 3.63) is 64.2 Å². The van der Waals surface area contributed by atoms with Crippen LogP contribution in [0.15, 0.2) is 42.5 Å². The summed E-state index contributed by atoms with van der Waals surface area (Å²) in [7, 11) is 0. The average molecular weight is 465 g/mol. The summed E-state index contributed by atoms with van der Waals surface area (Å²) in [6.07, 6.45) is -5.71. The molecule has 4 N–H and O–H groups in total. The van der Waals surface area contributed by atoms with Gasteiger partial charge in [0.15, 0.2) is 5.78 Å². The lowest BCUT2D eigenvalue weighted by molar-refractivity contribution is -0.231. The minimum Gasteiger partial charge on any atom is -0.488 e. The summed E-state index contributed by atoms with van der Waals surface area (Å²) in [5.41, 5.74) is 0.975. The lowest BCUT2D eigenvalue weighted by Gasteiger charge is -2.40. The molecular weight excluding hydrogens is 440 g/mol. The van der Waals surface area contributed by atoms with Crippen LogP contribution in [0.1, 0.15) is 34.0 Å². The second kappa shape index (κ2) is 9.84. The molecule has 0 saturated carbocycles. The Kier molecular flexibility index (Phi) is 7.11. The van der Waals surface area contributed by atoms with E-state index in [9.17, 15) is 25.2 Å². The zero-order chi connectivity index (χ0) is 22.8. The second-order valence-electron chi connectivity index (χ2n) is 7.95. The molecule has 2 heterocycles. The number of aliphatic hydroxyl groups is 4. The number of hydrogen-bond donors (Lipinski definition) is 4. The van der Waals surface area contributed by atoms with Crippen molar-refractivity contribution in [3.8, 4) is 5.75 Å². The zero-order valence-corrected chi connectivity index (χ0v) is 17.9. The number of benzene rings is 2. The molecule has 8 nitrogen and oxygen atoms in total. The topological polar surface area (TPSA) is 126 Å². The number of halogens is 1. The molecule has 0 bridgehead atoms. The first kappa shape index (κ1) is 23.1. The van der Waals surface area contributed by atoms with Crippen LogP contribution in [0.3, 0.4) is 0 Å². The maximum atomic E-state index is 13.1. The molecule has 2 fully saturated rings. The molecule has 0 unspecified atom stereocenters. The molecule has 32 heavy (non-hydrogen) atoms. The molecule has 0 radical (unpaired) electrons. The summed E-state index contributed by atoms with van der Waals surface area (Å²) in [4.78, 5) is 13.1. The van der Waals surface area contributed by atoms with E-state index in [0.717, 1.165) is 6.42 Å². The van der Waals surface area contributed by atoms with E-state index in [-0.39, 0.29) is 22.5 Å². The normalized spacial score (nSPS) is 30.3. The highest BCUT2D eigenvalue weighted by Crippen LogP contribution is 2.34. The fraction of sp³-hybridized carbons (Fsp3) is 0.435. The molecule has 172 valence electrons.